The van der Waals surface area contributed by atoms with Crippen LogP contribution >= 0.6 is 11.8 Å². The first-order valence-electron chi connectivity index (χ1n) is 10.3. The van der Waals surface area contributed by atoms with Gasteiger partial charge in [0.05, 0.1) is 25.6 Å². The van der Waals surface area contributed by atoms with Crippen molar-refractivity contribution in [2.45, 2.75) is 61.7 Å². The summed E-state index contributed by atoms with van der Waals surface area (Å²) in [6, 6.07) is 0. The van der Waals surface area contributed by atoms with Crippen molar-refractivity contribution >= 4 is 36.0 Å². The number of carbonyl (C=O) groups is 2. The third kappa shape index (κ3) is 13.8. The smallest absolute Gasteiger partial charge is 0.240 e. The lowest BCUT2D eigenvalue weighted by molar-refractivity contribution is -0.121. The summed E-state index contributed by atoms with van der Waals surface area (Å²) in [5, 5.41) is 99.9. The highest BCUT2D eigenvalue weighted by molar-refractivity contribution is 7.99. The van der Waals surface area contributed by atoms with Crippen LogP contribution in [-0.4, -0.2) is 149 Å². The highest BCUT2D eigenvalue weighted by atomic mass is 32.2. The van der Waals surface area contributed by atoms with Gasteiger partial charge in [0.25, 0.3) is 0 Å². The minimum Gasteiger partial charge on any atom is -0.394 e. The standard InChI is InChI=1S/C18H34N4O12S/c23-7-11(27)17(33)15(31)9(25)5-19-21-13(29)1-3-35-4-2-14(30)22-20-6-10(26)16(32)18(34)12(28)8-24/h5-6,9-12,15-18,23-28,31-34H,1-4,7-8H2,(H,21,29)(H,22,30)/b19-5-,20-6+/t9-,10-,11+,12+,15-,16-,17+,18+/m0/s1. The van der Waals surface area contributed by atoms with Gasteiger partial charge < -0.3 is 51.1 Å². The van der Waals surface area contributed by atoms with Gasteiger partial charge in [-0.15, -0.1) is 0 Å². The molecule has 0 aromatic heterocycles. The van der Waals surface area contributed by atoms with Crippen molar-refractivity contribution in [2.24, 2.45) is 10.2 Å². The number of amides is 2. The van der Waals surface area contributed by atoms with Crippen molar-refractivity contribution < 1.29 is 60.7 Å². The first-order chi connectivity index (χ1) is 16.5. The van der Waals surface area contributed by atoms with Gasteiger partial charge in [0.1, 0.15) is 48.8 Å². The molecule has 12 N–H and O–H groups in total. The average molecular weight is 531 g/mol. The second-order valence-corrected chi connectivity index (χ2v) is 8.41. The van der Waals surface area contributed by atoms with E-state index in [0.717, 1.165) is 12.4 Å². The van der Waals surface area contributed by atoms with Crippen molar-refractivity contribution in [1.82, 2.24) is 10.9 Å². The van der Waals surface area contributed by atoms with Gasteiger partial charge in [-0.05, 0) is 0 Å². The van der Waals surface area contributed by atoms with Crippen LogP contribution in [0.3, 0.4) is 0 Å². The molecule has 204 valence electrons. The van der Waals surface area contributed by atoms with Crippen LogP contribution in [0.15, 0.2) is 10.2 Å². The molecule has 8 atom stereocenters. The number of aliphatic hydroxyl groups excluding tert-OH is 10. The van der Waals surface area contributed by atoms with Crippen molar-refractivity contribution in [1.29, 1.82) is 0 Å². The number of aliphatic hydroxyl groups is 10. The first kappa shape index (κ1) is 33.2. The first-order valence-corrected chi connectivity index (χ1v) is 11.5. The van der Waals surface area contributed by atoms with E-state index in [9.17, 15) is 50.4 Å². The van der Waals surface area contributed by atoms with Gasteiger partial charge in [-0.1, -0.05) is 0 Å². The Morgan fingerprint density at radius 3 is 1.31 bits per heavy atom. The monoisotopic (exact) mass is 530 g/mol. The third-order valence-electron chi connectivity index (χ3n) is 4.34. The van der Waals surface area contributed by atoms with Crippen LogP contribution < -0.4 is 10.9 Å². The molecule has 0 unspecified atom stereocenters. The fraction of sp³-hybridized carbons (Fsp3) is 0.778. The number of hydrogen-bond acceptors (Lipinski definition) is 15. The molecule has 35 heavy (non-hydrogen) atoms. The zero-order valence-corrected chi connectivity index (χ0v) is 19.4. The Morgan fingerprint density at radius 2 is 1.00 bits per heavy atom. The molecule has 0 aliphatic heterocycles. The zero-order valence-electron chi connectivity index (χ0n) is 18.6. The number of thioether (sulfide) groups is 1. The van der Waals surface area contributed by atoms with Gasteiger partial charge in [0.15, 0.2) is 0 Å². The van der Waals surface area contributed by atoms with Crippen LogP contribution in [0.1, 0.15) is 12.8 Å². The van der Waals surface area contributed by atoms with Crippen LogP contribution in [0, 0.1) is 0 Å². The predicted molar refractivity (Wildman–Crippen MR) is 122 cm³/mol. The summed E-state index contributed by atoms with van der Waals surface area (Å²) in [5.41, 5.74) is 4.16. The molecule has 2 amide bonds. The molecule has 0 bridgehead atoms. The van der Waals surface area contributed by atoms with Gasteiger partial charge in [-0.2, -0.15) is 22.0 Å². The predicted octanol–water partition coefficient (Wildman–Crippen LogP) is -6.42. The normalized spacial score (nSPS) is 19.0. The molecule has 0 fully saturated rings. The summed E-state index contributed by atoms with van der Waals surface area (Å²) in [4.78, 5) is 23.3. The molecule has 0 aromatic rings. The number of hydrogen-bond donors (Lipinski definition) is 12. The summed E-state index contributed by atoms with van der Waals surface area (Å²) in [7, 11) is 0. The summed E-state index contributed by atoms with van der Waals surface area (Å²) < 4.78 is 0. The Kier molecular flexibility index (Phi) is 17.6. The molecule has 0 aliphatic carbocycles. The lowest BCUT2D eigenvalue weighted by Crippen LogP contribution is -2.46. The van der Waals surface area contributed by atoms with E-state index in [1.54, 1.807) is 0 Å². The highest BCUT2D eigenvalue weighted by Crippen LogP contribution is 2.06. The molecule has 0 rings (SSSR count). The maximum absolute atomic E-state index is 11.7. The van der Waals surface area contributed by atoms with E-state index < -0.39 is 73.9 Å². The Bertz CT molecular complexity index is 619. The van der Waals surface area contributed by atoms with Gasteiger partial charge in [-0.25, -0.2) is 10.9 Å². The van der Waals surface area contributed by atoms with E-state index in [1.165, 1.54) is 11.8 Å². The molecule has 0 aliphatic rings. The topological polar surface area (TPSA) is 285 Å². The summed E-state index contributed by atoms with van der Waals surface area (Å²) >= 11 is 1.25. The Hall–Kier alpha value is -1.77. The number of nitrogens with one attached hydrogen (secondary N) is 2. The van der Waals surface area contributed by atoms with Crippen molar-refractivity contribution in [3.8, 4) is 0 Å². The zero-order chi connectivity index (χ0) is 27.0. The highest BCUT2D eigenvalue weighted by Gasteiger charge is 2.30. The fourth-order valence-electron chi connectivity index (χ4n) is 2.17. The minimum atomic E-state index is -1.84. The largest absolute Gasteiger partial charge is 0.394 e. The second-order valence-electron chi connectivity index (χ2n) is 7.18. The van der Waals surface area contributed by atoms with Crippen molar-refractivity contribution in [2.75, 3.05) is 24.7 Å². The third-order valence-corrected chi connectivity index (χ3v) is 5.33. The van der Waals surface area contributed by atoms with E-state index >= 15 is 0 Å². The maximum Gasteiger partial charge on any atom is 0.240 e. The molecule has 17 heteroatoms. The van der Waals surface area contributed by atoms with Crippen molar-refractivity contribution in [3.63, 3.8) is 0 Å². The molecule has 16 nitrogen and oxygen atoms in total. The molecular formula is C18H34N4O12S. The molecular weight excluding hydrogens is 496 g/mol. The SMILES string of the molecule is O=C(CCSCCC(=O)N/N=C/[C@H](O)[C@H](O)[C@H](O)[C@H](O)CO)N/N=C\[C@H](O)[C@H](O)[C@H](O)[C@H](O)CO. The van der Waals surface area contributed by atoms with Crippen LogP contribution in [-0.2, 0) is 9.59 Å². The lowest BCUT2D eigenvalue weighted by atomic mass is 10.0. The van der Waals surface area contributed by atoms with Gasteiger partial charge in [-0.3, -0.25) is 9.59 Å². The minimum absolute atomic E-state index is 0.00161. The van der Waals surface area contributed by atoms with Crippen LogP contribution in [0.25, 0.3) is 0 Å². The van der Waals surface area contributed by atoms with E-state index in [1.807, 2.05) is 0 Å². The molecule has 0 spiro atoms. The number of rotatable bonds is 18. The van der Waals surface area contributed by atoms with Crippen molar-refractivity contribution in [3.05, 3.63) is 0 Å². The number of carbonyl (C=O) groups excluding carboxylic acids is 2. The fourth-order valence-corrected chi connectivity index (χ4v) is 3.03. The average Bonchev–Trinajstić information content (AvgIpc) is 2.85. The van der Waals surface area contributed by atoms with E-state index in [2.05, 4.69) is 21.1 Å². The maximum atomic E-state index is 11.7. The quantitative estimate of drug-likeness (QED) is 0.0446. The Labute approximate surface area is 204 Å². The summed E-state index contributed by atoms with van der Waals surface area (Å²) in [6.45, 7) is -1.66. The molecule has 0 saturated heterocycles. The van der Waals surface area contributed by atoms with Crippen LogP contribution in [0.4, 0.5) is 0 Å². The van der Waals surface area contributed by atoms with Gasteiger partial charge >= 0.3 is 0 Å². The molecule has 0 saturated carbocycles. The summed E-state index contributed by atoms with van der Waals surface area (Å²) in [6.07, 6.45) is -12.6. The Balaban J connectivity index is 4.08. The van der Waals surface area contributed by atoms with E-state index in [-0.39, 0.29) is 12.8 Å². The van der Waals surface area contributed by atoms with Gasteiger partial charge in [0.2, 0.25) is 11.8 Å². The molecule has 0 heterocycles. The number of hydrazone groups is 2. The van der Waals surface area contributed by atoms with Gasteiger partial charge in [0, 0.05) is 24.3 Å². The van der Waals surface area contributed by atoms with Crippen LogP contribution in [0.5, 0.6) is 0 Å². The summed E-state index contributed by atoms with van der Waals surface area (Å²) in [5.74, 6) is -0.469. The molecule has 0 aromatic carbocycles. The van der Waals surface area contributed by atoms with Crippen LogP contribution in [0.2, 0.25) is 0 Å². The van der Waals surface area contributed by atoms with E-state index in [4.69, 9.17) is 10.2 Å². The number of nitrogens with zero attached hydrogens (tertiary/aromatic N) is 2. The lowest BCUT2D eigenvalue weighted by Gasteiger charge is -2.23. The second kappa shape index (κ2) is 18.5. The molecule has 0 radical (unpaired) electrons. The Morgan fingerprint density at radius 1 is 0.657 bits per heavy atom. The van der Waals surface area contributed by atoms with E-state index in [0.29, 0.717) is 11.5 Å².